The number of methoxy groups -OCH3 is 1. The lowest BCUT2D eigenvalue weighted by Gasteiger charge is -2.14. The Kier molecular flexibility index (Phi) is 4.81. The fourth-order valence-corrected chi connectivity index (χ4v) is 2.65. The van der Waals surface area contributed by atoms with Gasteiger partial charge in [0.2, 0.25) is 5.91 Å². The van der Waals surface area contributed by atoms with Crippen LogP contribution in [0.5, 0.6) is 5.75 Å². The summed E-state index contributed by atoms with van der Waals surface area (Å²) in [4.78, 5) is 24.5. The summed E-state index contributed by atoms with van der Waals surface area (Å²) in [5, 5.41) is 5.77. The summed E-state index contributed by atoms with van der Waals surface area (Å²) in [6.07, 6.45) is 4.22. The Morgan fingerprint density at radius 3 is 2.78 bits per heavy atom. The van der Waals surface area contributed by atoms with E-state index in [9.17, 15) is 9.59 Å². The van der Waals surface area contributed by atoms with Gasteiger partial charge in [0, 0.05) is 12.6 Å². The van der Waals surface area contributed by atoms with Crippen molar-refractivity contribution < 1.29 is 19.1 Å². The van der Waals surface area contributed by atoms with Crippen LogP contribution in [0.25, 0.3) is 0 Å². The van der Waals surface area contributed by atoms with Crippen molar-refractivity contribution in [3.63, 3.8) is 0 Å². The average molecular weight is 318 g/mol. The zero-order valence-corrected chi connectivity index (χ0v) is 13.3. The normalized spacial score (nSPS) is 20.1. The summed E-state index contributed by atoms with van der Waals surface area (Å²) in [5.74, 6) is 0.268. The first kappa shape index (κ1) is 15.8. The molecule has 0 radical (unpaired) electrons. The van der Waals surface area contributed by atoms with Gasteiger partial charge < -0.3 is 20.1 Å². The number of benzene rings is 1. The van der Waals surface area contributed by atoms with Gasteiger partial charge >= 0.3 is 0 Å². The van der Waals surface area contributed by atoms with E-state index in [2.05, 4.69) is 10.6 Å². The molecule has 6 nitrogen and oxygen atoms in total. The molecule has 1 saturated heterocycles. The molecule has 0 aromatic heterocycles. The zero-order chi connectivity index (χ0) is 16.2. The van der Waals surface area contributed by atoms with Gasteiger partial charge in [-0.05, 0) is 43.9 Å². The van der Waals surface area contributed by atoms with Gasteiger partial charge in [-0.3, -0.25) is 9.59 Å². The second-order valence-electron chi connectivity index (χ2n) is 6.05. The van der Waals surface area contributed by atoms with Crippen molar-refractivity contribution in [3.8, 4) is 5.75 Å². The first-order valence-electron chi connectivity index (χ1n) is 8.06. The summed E-state index contributed by atoms with van der Waals surface area (Å²) in [6.45, 7) is 0.718. The zero-order valence-electron chi connectivity index (χ0n) is 13.3. The van der Waals surface area contributed by atoms with Crippen LogP contribution in [0, 0.1) is 0 Å². The molecular formula is C17H22N2O4. The summed E-state index contributed by atoms with van der Waals surface area (Å²) < 4.78 is 10.7. The molecule has 1 aliphatic heterocycles. The molecule has 0 spiro atoms. The Hall–Kier alpha value is -2.08. The molecule has 2 fully saturated rings. The fourth-order valence-electron chi connectivity index (χ4n) is 2.65. The van der Waals surface area contributed by atoms with Gasteiger partial charge in [0.15, 0.2) is 0 Å². The minimum absolute atomic E-state index is 0.0167. The van der Waals surface area contributed by atoms with Crippen molar-refractivity contribution in [2.24, 2.45) is 0 Å². The molecular weight excluding hydrogens is 296 g/mol. The van der Waals surface area contributed by atoms with Crippen molar-refractivity contribution >= 4 is 17.5 Å². The predicted octanol–water partition coefficient (Wildman–Crippen LogP) is 2.09. The number of carbonyl (C=O) groups is 2. The van der Waals surface area contributed by atoms with E-state index in [4.69, 9.17) is 9.47 Å². The molecule has 1 heterocycles. The second-order valence-corrected chi connectivity index (χ2v) is 6.05. The van der Waals surface area contributed by atoms with E-state index in [0.717, 1.165) is 32.3 Å². The summed E-state index contributed by atoms with van der Waals surface area (Å²) >= 11 is 0. The van der Waals surface area contributed by atoms with E-state index in [1.807, 2.05) is 0 Å². The molecule has 2 aliphatic rings. The van der Waals surface area contributed by atoms with Crippen LogP contribution in [0.15, 0.2) is 18.2 Å². The van der Waals surface area contributed by atoms with Crippen molar-refractivity contribution in [1.82, 2.24) is 5.32 Å². The molecule has 124 valence electrons. The minimum Gasteiger partial charge on any atom is -0.497 e. The van der Waals surface area contributed by atoms with Crippen LogP contribution < -0.4 is 15.4 Å². The van der Waals surface area contributed by atoms with Crippen LogP contribution in [-0.2, 0) is 9.53 Å². The Balaban J connectivity index is 1.70. The summed E-state index contributed by atoms with van der Waals surface area (Å²) in [6, 6.07) is 5.34. The number of hydrogen-bond acceptors (Lipinski definition) is 4. The fraction of sp³-hybridized carbons (Fsp3) is 0.529. The lowest BCUT2D eigenvalue weighted by Crippen LogP contribution is -2.27. The highest BCUT2D eigenvalue weighted by Crippen LogP contribution is 2.25. The molecule has 0 unspecified atom stereocenters. The minimum atomic E-state index is -0.182. The highest BCUT2D eigenvalue weighted by Gasteiger charge is 2.26. The van der Waals surface area contributed by atoms with Gasteiger partial charge in [0.05, 0.1) is 30.9 Å². The second kappa shape index (κ2) is 7.00. The van der Waals surface area contributed by atoms with Gasteiger partial charge in [-0.15, -0.1) is 0 Å². The van der Waals surface area contributed by atoms with E-state index < -0.39 is 0 Å². The van der Waals surface area contributed by atoms with Crippen LogP contribution in [0.1, 0.15) is 42.5 Å². The molecule has 2 amide bonds. The Bertz CT molecular complexity index is 592. The number of amides is 2. The average Bonchev–Trinajstić information content (AvgIpc) is 3.21. The van der Waals surface area contributed by atoms with Gasteiger partial charge in [-0.25, -0.2) is 0 Å². The number of hydrogen-bond donors (Lipinski definition) is 2. The lowest BCUT2D eigenvalue weighted by atomic mass is 10.1. The van der Waals surface area contributed by atoms with Crippen molar-refractivity contribution in [2.75, 3.05) is 19.0 Å². The quantitative estimate of drug-likeness (QED) is 0.842. The molecule has 3 rings (SSSR count). The number of nitrogens with one attached hydrogen (secondary N) is 2. The molecule has 2 N–H and O–H groups in total. The van der Waals surface area contributed by atoms with Crippen LogP contribution in [0.3, 0.4) is 0 Å². The van der Waals surface area contributed by atoms with Crippen LogP contribution in [0.4, 0.5) is 5.69 Å². The van der Waals surface area contributed by atoms with Crippen LogP contribution >= 0.6 is 0 Å². The predicted molar refractivity (Wildman–Crippen MR) is 85.7 cm³/mol. The van der Waals surface area contributed by atoms with Crippen molar-refractivity contribution in [1.29, 1.82) is 0 Å². The third kappa shape index (κ3) is 4.22. The van der Waals surface area contributed by atoms with E-state index in [0.29, 0.717) is 23.4 Å². The van der Waals surface area contributed by atoms with E-state index in [1.165, 1.54) is 0 Å². The van der Waals surface area contributed by atoms with Crippen LogP contribution in [0.2, 0.25) is 0 Å². The first-order chi connectivity index (χ1) is 11.2. The Morgan fingerprint density at radius 2 is 2.13 bits per heavy atom. The summed E-state index contributed by atoms with van der Waals surface area (Å²) in [7, 11) is 1.55. The number of ether oxygens (including phenoxy) is 2. The topological polar surface area (TPSA) is 76.7 Å². The highest BCUT2D eigenvalue weighted by atomic mass is 16.5. The number of carbonyl (C=O) groups excluding carboxylic acids is 2. The maximum Gasteiger partial charge on any atom is 0.253 e. The molecule has 1 atom stereocenters. The Morgan fingerprint density at radius 1 is 1.30 bits per heavy atom. The van der Waals surface area contributed by atoms with Gasteiger partial charge in [0.25, 0.3) is 5.91 Å². The SMILES string of the molecule is COc1ccc(NC(=O)C[C@@H]2CCCO2)c(C(=O)NC2CC2)c1. The Labute approximate surface area is 135 Å². The van der Waals surface area contributed by atoms with E-state index >= 15 is 0 Å². The maximum absolute atomic E-state index is 12.4. The lowest BCUT2D eigenvalue weighted by molar-refractivity contribution is -0.118. The van der Waals surface area contributed by atoms with Gasteiger partial charge in [-0.2, -0.15) is 0 Å². The standard InChI is InChI=1S/C17H22N2O4/c1-22-12-6-7-15(14(9-12)17(21)18-11-4-5-11)19-16(20)10-13-3-2-8-23-13/h6-7,9,11,13H,2-5,8,10H2,1H3,(H,18,21)(H,19,20)/t13-/m0/s1. The largest absolute Gasteiger partial charge is 0.497 e. The van der Waals surface area contributed by atoms with E-state index in [-0.39, 0.29) is 24.0 Å². The number of rotatable bonds is 6. The molecule has 23 heavy (non-hydrogen) atoms. The van der Waals surface area contributed by atoms with Gasteiger partial charge in [-0.1, -0.05) is 0 Å². The maximum atomic E-state index is 12.4. The molecule has 1 saturated carbocycles. The van der Waals surface area contributed by atoms with E-state index in [1.54, 1.807) is 25.3 Å². The number of anilines is 1. The molecule has 1 aliphatic carbocycles. The molecule has 6 heteroatoms. The van der Waals surface area contributed by atoms with Crippen LogP contribution in [-0.4, -0.2) is 37.7 Å². The third-order valence-corrected chi connectivity index (χ3v) is 4.10. The van der Waals surface area contributed by atoms with Crippen molar-refractivity contribution in [3.05, 3.63) is 23.8 Å². The third-order valence-electron chi connectivity index (χ3n) is 4.10. The first-order valence-corrected chi connectivity index (χ1v) is 8.06. The monoisotopic (exact) mass is 318 g/mol. The summed E-state index contributed by atoms with van der Waals surface area (Å²) in [5.41, 5.74) is 0.934. The smallest absolute Gasteiger partial charge is 0.253 e. The molecule has 1 aromatic carbocycles. The van der Waals surface area contributed by atoms with Crippen molar-refractivity contribution in [2.45, 2.75) is 44.2 Å². The molecule has 1 aromatic rings. The molecule has 0 bridgehead atoms. The van der Waals surface area contributed by atoms with Gasteiger partial charge in [0.1, 0.15) is 5.75 Å². The highest BCUT2D eigenvalue weighted by molar-refractivity contribution is 6.04.